The van der Waals surface area contributed by atoms with Crippen LogP contribution in [0.5, 0.6) is 5.75 Å². The summed E-state index contributed by atoms with van der Waals surface area (Å²) in [5, 5.41) is 0.0594. The van der Waals surface area contributed by atoms with Gasteiger partial charge >= 0.3 is 0 Å². The van der Waals surface area contributed by atoms with Gasteiger partial charge in [0, 0.05) is 0 Å². The summed E-state index contributed by atoms with van der Waals surface area (Å²) in [6.07, 6.45) is 9.30. The first-order valence-electron chi connectivity index (χ1n) is 10.9. The Labute approximate surface area is 170 Å². The standard InChI is InChI=1S/C25H29F3O/c1-3-11-29-21-10-9-19-14-20(23(26)25(28)22(19)24(21)27)18-8-7-16-12-15(4-2)5-6-17(16)13-18/h3,9-10,14-18H,1,4-8,11-13H2,2H3/t15?,16-,17?,18-/m1/s1. The maximum atomic E-state index is 15.0. The van der Waals surface area contributed by atoms with Gasteiger partial charge in [-0.2, -0.15) is 0 Å². The Morgan fingerprint density at radius 3 is 2.52 bits per heavy atom. The minimum absolute atomic E-state index is 0.00748. The molecule has 1 nitrogen and oxygen atoms in total. The summed E-state index contributed by atoms with van der Waals surface area (Å²) in [5.41, 5.74) is 0.408. The van der Waals surface area contributed by atoms with Gasteiger partial charge in [0.05, 0.1) is 5.39 Å². The van der Waals surface area contributed by atoms with Crippen molar-refractivity contribution in [2.45, 2.75) is 57.8 Å². The highest BCUT2D eigenvalue weighted by Crippen LogP contribution is 2.49. The van der Waals surface area contributed by atoms with E-state index in [1.54, 1.807) is 12.1 Å². The number of fused-ring (bicyclic) bond motifs is 2. The van der Waals surface area contributed by atoms with Crippen LogP contribution in [0.15, 0.2) is 30.9 Å². The number of benzene rings is 2. The van der Waals surface area contributed by atoms with Crippen molar-refractivity contribution in [1.29, 1.82) is 0 Å². The highest BCUT2D eigenvalue weighted by Gasteiger charge is 2.37. The Bertz CT molecular complexity index is 907. The smallest absolute Gasteiger partial charge is 0.175 e. The SMILES string of the molecule is C=CCOc1ccc2cc([C@@H]3CC[C@@H]4CC(CC)CCC4C3)c(F)c(F)c2c1F. The van der Waals surface area contributed by atoms with Crippen LogP contribution in [0.1, 0.15) is 63.4 Å². The van der Waals surface area contributed by atoms with Crippen molar-refractivity contribution >= 4 is 10.8 Å². The second kappa shape index (κ2) is 8.41. The monoisotopic (exact) mass is 402 g/mol. The first-order valence-corrected chi connectivity index (χ1v) is 10.9. The molecular formula is C25H29F3O. The lowest BCUT2D eigenvalue weighted by Crippen LogP contribution is -2.30. The normalized spacial score (nSPS) is 26.9. The summed E-state index contributed by atoms with van der Waals surface area (Å²) in [7, 11) is 0. The largest absolute Gasteiger partial charge is 0.486 e. The van der Waals surface area contributed by atoms with Crippen LogP contribution in [0.2, 0.25) is 0 Å². The van der Waals surface area contributed by atoms with Gasteiger partial charge in [-0.05, 0) is 78.9 Å². The number of ether oxygens (including phenoxy) is 1. The van der Waals surface area contributed by atoms with Gasteiger partial charge < -0.3 is 4.74 Å². The van der Waals surface area contributed by atoms with Crippen molar-refractivity contribution in [2.24, 2.45) is 17.8 Å². The van der Waals surface area contributed by atoms with Gasteiger partial charge in [-0.3, -0.25) is 0 Å². The molecule has 4 atom stereocenters. The molecule has 2 aliphatic rings. The summed E-state index contributed by atoms with van der Waals surface area (Å²) >= 11 is 0. The van der Waals surface area contributed by atoms with Crippen molar-refractivity contribution in [1.82, 2.24) is 0 Å². The second-order valence-corrected chi connectivity index (χ2v) is 8.79. The minimum Gasteiger partial charge on any atom is -0.486 e. The van der Waals surface area contributed by atoms with Gasteiger partial charge in [-0.15, -0.1) is 0 Å². The predicted octanol–water partition coefficient (Wildman–Crippen LogP) is 7.53. The highest BCUT2D eigenvalue weighted by atomic mass is 19.2. The summed E-state index contributed by atoms with van der Waals surface area (Å²) < 4.78 is 49.9. The molecule has 2 aromatic carbocycles. The summed E-state index contributed by atoms with van der Waals surface area (Å²) in [6.45, 7) is 5.88. The summed E-state index contributed by atoms with van der Waals surface area (Å²) in [5.74, 6) is -0.790. The van der Waals surface area contributed by atoms with E-state index < -0.39 is 17.5 Å². The maximum Gasteiger partial charge on any atom is 0.175 e. The van der Waals surface area contributed by atoms with Crippen molar-refractivity contribution in [3.63, 3.8) is 0 Å². The fourth-order valence-corrected chi connectivity index (χ4v) is 5.58. The van der Waals surface area contributed by atoms with E-state index in [0.717, 1.165) is 31.1 Å². The van der Waals surface area contributed by atoms with Crippen LogP contribution in [-0.2, 0) is 0 Å². The first-order chi connectivity index (χ1) is 14.0. The third-order valence-corrected chi connectivity index (χ3v) is 7.21. The van der Waals surface area contributed by atoms with E-state index in [0.29, 0.717) is 16.9 Å². The van der Waals surface area contributed by atoms with Gasteiger partial charge in [-0.1, -0.05) is 38.5 Å². The molecule has 0 saturated heterocycles. The van der Waals surface area contributed by atoms with Crippen LogP contribution in [0.3, 0.4) is 0 Å². The van der Waals surface area contributed by atoms with E-state index in [1.807, 2.05) is 0 Å². The van der Waals surface area contributed by atoms with Gasteiger partial charge in [0.1, 0.15) is 6.61 Å². The van der Waals surface area contributed by atoms with E-state index in [4.69, 9.17) is 4.74 Å². The number of halogens is 3. The van der Waals surface area contributed by atoms with E-state index in [1.165, 1.54) is 37.8 Å². The molecule has 0 spiro atoms. The number of hydrogen-bond donors (Lipinski definition) is 0. The molecule has 0 amide bonds. The third-order valence-electron chi connectivity index (χ3n) is 7.21. The molecule has 2 aliphatic carbocycles. The lowest BCUT2D eigenvalue weighted by Gasteiger charge is -2.42. The molecule has 156 valence electrons. The second-order valence-electron chi connectivity index (χ2n) is 8.79. The van der Waals surface area contributed by atoms with Crippen molar-refractivity contribution in [3.8, 4) is 5.75 Å². The van der Waals surface area contributed by atoms with E-state index in [2.05, 4.69) is 13.5 Å². The average Bonchev–Trinajstić information content (AvgIpc) is 2.74. The molecule has 0 aromatic heterocycles. The Morgan fingerprint density at radius 2 is 1.76 bits per heavy atom. The fourth-order valence-electron chi connectivity index (χ4n) is 5.58. The van der Waals surface area contributed by atoms with Gasteiger partial charge in [0.25, 0.3) is 0 Å². The Kier molecular flexibility index (Phi) is 5.89. The molecule has 2 saturated carbocycles. The van der Waals surface area contributed by atoms with Gasteiger partial charge in [0.2, 0.25) is 0 Å². The Morgan fingerprint density at radius 1 is 1.00 bits per heavy atom. The van der Waals surface area contributed by atoms with Crippen LogP contribution >= 0.6 is 0 Å². The predicted molar refractivity (Wildman–Crippen MR) is 111 cm³/mol. The molecule has 2 aromatic rings. The molecule has 2 unspecified atom stereocenters. The molecule has 29 heavy (non-hydrogen) atoms. The van der Waals surface area contributed by atoms with E-state index in [9.17, 15) is 8.78 Å². The first kappa shape index (κ1) is 20.3. The molecule has 4 rings (SSSR count). The quantitative estimate of drug-likeness (QED) is 0.470. The Balaban J connectivity index is 1.63. The molecule has 0 N–H and O–H groups in total. The lowest BCUT2D eigenvalue weighted by molar-refractivity contribution is 0.115. The lowest BCUT2D eigenvalue weighted by atomic mass is 9.63. The minimum atomic E-state index is -1.10. The van der Waals surface area contributed by atoms with Crippen LogP contribution in [0.4, 0.5) is 13.2 Å². The van der Waals surface area contributed by atoms with Crippen LogP contribution in [0.25, 0.3) is 10.8 Å². The van der Waals surface area contributed by atoms with E-state index in [-0.39, 0.29) is 23.7 Å². The van der Waals surface area contributed by atoms with Gasteiger partial charge in [-0.25, -0.2) is 13.2 Å². The Hall–Kier alpha value is -1.97. The van der Waals surface area contributed by atoms with Gasteiger partial charge in [0.15, 0.2) is 23.2 Å². The summed E-state index contributed by atoms with van der Waals surface area (Å²) in [4.78, 5) is 0. The zero-order chi connectivity index (χ0) is 20.5. The average molecular weight is 403 g/mol. The molecular weight excluding hydrogens is 373 g/mol. The third kappa shape index (κ3) is 3.78. The van der Waals surface area contributed by atoms with Crippen molar-refractivity contribution in [3.05, 3.63) is 53.9 Å². The fraction of sp³-hybridized carbons (Fsp3) is 0.520. The molecule has 2 fully saturated rings. The molecule has 0 aliphatic heterocycles. The molecule has 0 radical (unpaired) electrons. The number of hydrogen-bond acceptors (Lipinski definition) is 1. The van der Waals surface area contributed by atoms with Crippen LogP contribution in [-0.4, -0.2) is 6.61 Å². The van der Waals surface area contributed by atoms with Crippen molar-refractivity contribution in [2.75, 3.05) is 6.61 Å². The molecule has 4 heteroatoms. The van der Waals surface area contributed by atoms with Crippen molar-refractivity contribution < 1.29 is 17.9 Å². The molecule has 0 heterocycles. The summed E-state index contributed by atoms with van der Waals surface area (Å²) in [6, 6.07) is 4.74. The van der Waals surface area contributed by atoms with Crippen LogP contribution in [0, 0.1) is 35.2 Å². The highest BCUT2D eigenvalue weighted by molar-refractivity contribution is 5.86. The zero-order valence-electron chi connectivity index (χ0n) is 17.0. The van der Waals surface area contributed by atoms with Crippen LogP contribution < -0.4 is 4.74 Å². The van der Waals surface area contributed by atoms with E-state index >= 15 is 4.39 Å². The molecule has 0 bridgehead atoms. The maximum absolute atomic E-state index is 15.0. The number of rotatable bonds is 5. The topological polar surface area (TPSA) is 9.23 Å². The zero-order valence-corrected chi connectivity index (χ0v) is 17.0.